The number of nitrogens with zero attached hydrogens (tertiary/aromatic N) is 3. The van der Waals surface area contributed by atoms with Crippen LogP contribution in [-0.2, 0) is 6.18 Å². The summed E-state index contributed by atoms with van der Waals surface area (Å²) in [5.74, 6) is -0.0673. The first kappa shape index (κ1) is 19.0. The summed E-state index contributed by atoms with van der Waals surface area (Å²) in [6.07, 6.45) is -2.99. The largest absolute Gasteiger partial charge is 0.421 e. The lowest BCUT2D eigenvalue weighted by Crippen LogP contribution is -2.31. The third-order valence-corrected chi connectivity index (χ3v) is 4.63. The first-order chi connectivity index (χ1) is 12.3. The molecule has 0 saturated carbocycles. The monoisotopic (exact) mass is 405 g/mol. The number of halogens is 5. The van der Waals surface area contributed by atoms with E-state index in [2.05, 4.69) is 20.6 Å². The highest BCUT2D eigenvalue weighted by molar-refractivity contribution is 6.42. The molecule has 2 N–H and O–H groups in total. The Bertz CT molecular complexity index is 777. The van der Waals surface area contributed by atoms with Crippen LogP contribution >= 0.6 is 23.2 Å². The minimum Gasteiger partial charge on any atom is -0.355 e. The lowest BCUT2D eigenvalue weighted by molar-refractivity contribution is -0.137. The molecule has 10 heteroatoms. The van der Waals surface area contributed by atoms with Crippen LogP contribution < -0.4 is 15.5 Å². The zero-order valence-corrected chi connectivity index (χ0v) is 15.1. The molecule has 140 valence electrons. The molecule has 1 aromatic heterocycles. The van der Waals surface area contributed by atoms with E-state index < -0.39 is 11.7 Å². The van der Waals surface area contributed by atoms with Crippen molar-refractivity contribution in [3.8, 4) is 0 Å². The zero-order valence-electron chi connectivity index (χ0n) is 13.6. The maximum absolute atomic E-state index is 13.4. The predicted octanol–water partition coefficient (Wildman–Crippen LogP) is 4.35. The number of hydrogen-bond acceptors (Lipinski definition) is 5. The van der Waals surface area contributed by atoms with Gasteiger partial charge in [-0.15, -0.1) is 0 Å². The lowest BCUT2D eigenvalue weighted by atomic mass is 10.2. The standard InChI is InChI=1S/C16H16Cl2F3N5/c17-12-3-2-10(8-13(12)18)24-15-23-9-11(16(19,20)21)14(25-15)26-6-1-4-22-5-7-26/h2-3,8-9,22H,1,4-7H2,(H,23,24,25). The summed E-state index contributed by atoms with van der Waals surface area (Å²) >= 11 is 11.8. The smallest absolute Gasteiger partial charge is 0.355 e. The molecule has 0 bridgehead atoms. The van der Waals surface area contributed by atoms with E-state index in [0.29, 0.717) is 35.4 Å². The van der Waals surface area contributed by atoms with Gasteiger partial charge in [0, 0.05) is 31.5 Å². The average Bonchev–Trinajstić information content (AvgIpc) is 2.86. The second kappa shape index (κ2) is 7.85. The molecule has 1 aliphatic heterocycles. The van der Waals surface area contributed by atoms with Gasteiger partial charge in [-0.2, -0.15) is 18.2 Å². The van der Waals surface area contributed by atoms with Crippen molar-refractivity contribution in [2.24, 2.45) is 0 Å². The minimum atomic E-state index is -4.53. The van der Waals surface area contributed by atoms with E-state index in [9.17, 15) is 13.2 Å². The normalized spacial score (nSPS) is 15.7. The summed E-state index contributed by atoms with van der Waals surface area (Å²) in [7, 11) is 0. The Morgan fingerprint density at radius 2 is 1.92 bits per heavy atom. The van der Waals surface area contributed by atoms with Crippen LogP contribution in [0, 0.1) is 0 Å². The topological polar surface area (TPSA) is 53.1 Å². The molecule has 1 aliphatic rings. The third-order valence-electron chi connectivity index (χ3n) is 3.89. The van der Waals surface area contributed by atoms with Gasteiger partial charge in [0.2, 0.25) is 5.95 Å². The first-order valence-corrected chi connectivity index (χ1v) is 8.72. The van der Waals surface area contributed by atoms with Crippen molar-refractivity contribution in [3.05, 3.63) is 40.0 Å². The SMILES string of the molecule is FC(F)(F)c1cnc(Nc2ccc(Cl)c(Cl)c2)nc1N1CCCNCC1. The summed E-state index contributed by atoms with van der Waals surface area (Å²) < 4.78 is 40.2. The number of anilines is 3. The summed E-state index contributed by atoms with van der Waals surface area (Å²) in [5.41, 5.74) is -0.318. The third kappa shape index (κ3) is 4.49. The van der Waals surface area contributed by atoms with Gasteiger partial charge in [-0.05, 0) is 31.2 Å². The fraction of sp³-hybridized carbons (Fsp3) is 0.375. The van der Waals surface area contributed by atoms with Crippen LogP contribution in [0.15, 0.2) is 24.4 Å². The molecule has 0 spiro atoms. The van der Waals surface area contributed by atoms with E-state index in [-0.39, 0.29) is 11.8 Å². The Morgan fingerprint density at radius 1 is 1.12 bits per heavy atom. The number of alkyl halides is 3. The van der Waals surface area contributed by atoms with Crippen molar-refractivity contribution in [3.63, 3.8) is 0 Å². The summed E-state index contributed by atoms with van der Waals surface area (Å²) in [4.78, 5) is 9.57. The molecule has 0 aliphatic carbocycles. The summed E-state index contributed by atoms with van der Waals surface area (Å²) in [6.45, 7) is 2.28. The number of nitrogens with one attached hydrogen (secondary N) is 2. The van der Waals surface area contributed by atoms with Crippen LogP contribution in [0.5, 0.6) is 0 Å². The van der Waals surface area contributed by atoms with Gasteiger partial charge in [0.05, 0.1) is 10.0 Å². The van der Waals surface area contributed by atoms with Gasteiger partial charge in [-0.25, -0.2) is 4.98 Å². The number of aromatic nitrogens is 2. The molecule has 0 unspecified atom stereocenters. The van der Waals surface area contributed by atoms with Crippen LogP contribution in [0.25, 0.3) is 0 Å². The highest BCUT2D eigenvalue weighted by Gasteiger charge is 2.37. The lowest BCUT2D eigenvalue weighted by Gasteiger charge is -2.25. The van der Waals surface area contributed by atoms with E-state index in [1.165, 1.54) is 0 Å². The van der Waals surface area contributed by atoms with Crippen molar-refractivity contribution in [1.82, 2.24) is 15.3 Å². The molecule has 5 nitrogen and oxygen atoms in total. The summed E-state index contributed by atoms with van der Waals surface area (Å²) in [6, 6.07) is 4.78. The van der Waals surface area contributed by atoms with Crippen LogP contribution in [-0.4, -0.2) is 36.1 Å². The van der Waals surface area contributed by atoms with E-state index in [0.717, 1.165) is 19.2 Å². The van der Waals surface area contributed by atoms with Gasteiger partial charge in [-0.1, -0.05) is 23.2 Å². The molecule has 26 heavy (non-hydrogen) atoms. The molecular formula is C16H16Cl2F3N5. The van der Waals surface area contributed by atoms with Crippen LogP contribution in [0.3, 0.4) is 0 Å². The van der Waals surface area contributed by atoms with Crippen molar-refractivity contribution in [1.29, 1.82) is 0 Å². The fourth-order valence-electron chi connectivity index (χ4n) is 2.63. The van der Waals surface area contributed by atoms with Crippen molar-refractivity contribution < 1.29 is 13.2 Å². The Hall–Kier alpha value is -1.77. The van der Waals surface area contributed by atoms with Crippen LogP contribution in [0.2, 0.25) is 10.0 Å². The van der Waals surface area contributed by atoms with Gasteiger partial charge in [0.25, 0.3) is 0 Å². The van der Waals surface area contributed by atoms with Gasteiger partial charge >= 0.3 is 6.18 Å². The predicted molar refractivity (Wildman–Crippen MR) is 96.5 cm³/mol. The van der Waals surface area contributed by atoms with E-state index in [1.807, 2.05) is 0 Å². The van der Waals surface area contributed by atoms with Crippen molar-refractivity contribution >= 4 is 40.7 Å². The summed E-state index contributed by atoms with van der Waals surface area (Å²) in [5, 5.41) is 6.73. The van der Waals surface area contributed by atoms with E-state index in [4.69, 9.17) is 23.2 Å². The number of hydrogen-bond donors (Lipinski definition) is 2. The molecule has 0 radical (unpaired) electrons. The highest BCUT2D eigenvalue weighted by Crippen LogP contribution is 2.36. The molecule has 1 aromatic carbocycles. The quantitative estimate of drug-likeness (QED) is 0.794. The highest BCUT2D eigenvalue weighted by atomic mass is 35.5. The molecular weight excluding hydrogens is 390 g/mol. The van der Waals surface area contributed by atoms with E-state index in [1.54, 1.807) is 23.1 Å². The Balaban J connectivity index is 1.94. The molecule has 1 fully saturated rings. The Kier molecular flexibility index (Phi) is 5.74. The second-order valence-electron chi connectivity index (χ2n) is 5.77. The molecule has 0 atom stereocenters. The first-order valence-electron chi connectivity index (χ1n) is 7.96. The van der Waals surface area contributed by atoms with Crippen molar-refractivity contribution in [2.75, 3.05) is 36.4 Å². The average molecular weight is 406 g/mol. The van der Waals surface area contributed by atoms with Gasteiger partial charge in [-0.3, -0.25) is 0 Å². The van der Waals surface area contributed by atoms with Gasteiger partial charge in [0.15, 0.2) is 0 Å². The zero-order chi connectivity index (χ0) is 18.7. The second-order valence-corrected chi connectivity index (χ2v) is 6.59. The number of benzene rings is 1. The molecule has 2 aromatic rings. The maximum atomic E-state index is 13.4. The Labute approximate surface area is 158 Å². The van der Waals surface area contributed by atoms with Gasteiger partial charge in [0.1, 0.15) is 11.4 Å². The molecule has 3 rings (SSSR count). The molecule has 0 amide bonds. The molecule has 2 heterocycles. The van der Waals surface area contributed by atoms with Gasteiger partial charge < -0.3 is 15.5 Å². The Morgan fingerprint density at radius 3 is 2.65 bits per heavy atom. The van der Waals surface area contributed by atoms with E-state index >= 15 is 0 Å². The maximum Gasteiger partial charge on any atom is 0.421 e. The molecule has 1 saturated heterocycles. The number of rotatable bonds is 3. The fourth-order valence-corrected chi connectivity index (χ4v) is 2.93. The minimum absolute atomic E-state index is 0.0589. The van der Waals surface area contributed by atoms with Crippen molar-refractivity contribution in [2.45, 2.75) is 12.6 Å². The van der Waals surface area contributed by atoms with Crippen LogP contribution in [0.4, 0.5) is 30.6 Å². The van der Waals surface area contributed by atoms with Crippen LogP contribution in [0.1, 0.15) is 12.0 Å².